The van der Waals surface area contributed by atoms with E-state index in [0.717, 1.165) is 11.1 Å². The zero-order valence-electron chi connectivity index (χ0n) is 17.5. The number of rotatable bonds is 9. The van der Waals surface area contributed by atoms with Gasteiger partial charge < -0.3 is 19.1 Å². The van der Waals surface area contributed by atoms with Crippen LogP contribution in [-0.4, -0.2) is 49.0 Å². The van der Waals surface area contributed by atoms with Crippen molar-refractivity contribution < 1.29 is 23.9 Å². The number of nitro groups is 1. The fraction of sp³-hybridized carbons (Fsp3) is 0.409. The lowest BCUT2D eigenvalue weighted by Crippen LogP contribution is -2.42. The number of nitrogens with zero attached hydrogens (tertiary/aromatic N) is 2. The second kappa shape index (κ2) is 10.3. The van der Waals surface area contributed by atoms with Gasteiger partial charge in [-0.15, -0.1) is 11.6 Å². The number of nitro benzene ring substituents is 1. The number of hydrogen-bond donors (Lipinski definition) is 0. The number of fused-ring (bicyclic) bond motifs is 1. The van der Waals surface area contributed by atoms with Crippen LogP contribution < -0.4 is 14.2 Å². The van der Waals surface area contributed by atoms with Crippen LogP contribution in [0.1, 0.15) is 30.0 Å². The van der Waals surface area contributed by atoms with Crippen LogP contribution in [0.15, 0.2) is 36.4 Å². The molecule has 0 bridgehead atoms. The first-order valence-electron chi connectivity index (χ1n) is 9.96. The minimum atomic E-state index is -0.460. The summed E-state index contributed by atoms with van der Waals surface area (Å²) in [6.07, 6.45) is 1.65. The van der Waals surface area contributed by atoms with Crippen LogP contribution >= 0.6 is 11.6 Å². The van der Waals surface area contributed by atoms with Crippen molar-refractivity contribution in [3.63, 3.8) is 0 Å². The Morgan fingerprint density at radius 1 is 1.19 bits per heavy atom. The van der Waals surface area contributed by atoms with Gasteiger partial charge in [0.25, 0.3) is 5.69 Å². The number of hydrogen-bond acceptors (Lipinski definition) is 6. The molecule has 2 aromatic rings. The Bertz CT molecular complexity index is 934. The molecule has 0 saturated heterocycles. The van der Waals surface area contributed by atoms with Crippen LogP contribution in [0.3, 0.4) is 0 Å². The van der Waals surface area contributed by atoms with Gasteiger partial charge in [0.15, 0.2) is 11.5 Å². The van der Waals surface area contributed by atoms with Crippen molar-refractivity contribution >= 4 is 23.2 Å². The Labute approximate surface area is 185 Å². The van der Waals surface area contributed by atoms with E-state index >= 15 is 0 Å². The molecule has 0 fully saturated rings. The SMILES string of the molecule is COc1cc2c(cc1OC)[C@@H](COc1ccc([N+](=O)[O-])cc1)N(C(=O)CCCCl)CC2. The van der Waals surface area contributed by atoms with E-state index in [1.807, 2.05) is 17.0 Å². The highest BCUT2D eigenvalue weighted by Crippen LogP contribution is 2.38. The largest absolute Gasteiger partial charge is 0.493 e. The molecule has 0 aliphatic carbocycles. The maximum absolute atomic E-state index is 12.9. The van der Waals surface area contributed by atoms with Gasteiger partial charge >= 0.3 is 0 Å². The molecule has 166 valence electrons. The number of non-ortho nitro benzene ring substituents is 1. The lowest BCUT2D eigenvalue weighted by Gasteiger charge is -2.37. The zero-order valence-corrected chi connectivity index (χ0v) is 18.3. The van der Waals surface area contributed by atoms with E-state index in [2.05, 4.69) is 0 Å². The first kappa shape index (κ1) is 22.7. The summed E-state index contributed by atoms with van der Waals surface area (Å²) in [5.41, 5.74) is 1.99. The normalized spacial score (nSPS) is 15.2. The van der Waals surface area contributed by atoms with Gasteiger partial charge in [-0.2, -0.15) is 0 Å². The molecule has 3 rings (SSSR count). The van der Waals surface area contributed by atoms with E-state index in [1.54, 1.807) is 26.4 Å². The van der Waals surface area contributed by atoms with Crippen molar-refractivity contribution in [1.29, 1.82) is 0 Å². The van der Waals surface area contributed by atoms with E-state index in [0.29, 0.717) is 48.9 Å². The van der Waals surface area contributed by atoms with Gasteiger partial charge in [-0.25, -0.2) is 0 Å². The number of ether oxygens (including phenoxy) is 3. The lowest BCUT2D eigenvalue weighted by atomic mass is 9.91. The van der Waals surface area contributed by atoms with Gasteiger partial charge in [-0.3, -0.25) is 14.9 Å². The van der Waals surface area contributed by atoms with Crippen molar-refractivity contribution in [3.8, 4) is 17.2 Å². The molecule has 0 N–H and O–H groups in total. The minimum Gasteiger partial charge on any atom is -0.493 e. The number of alkyl halides is 1. The summed E-state index contributed by atoms with van der Waals surface area (Å²) >= 11 is 5.78. The monoisotopic (exact) mass is 448 g/mol. The average molecular weight is 449 g/mol. The molecule has 1 amide bonds. The van der Waals surface area contributed by atoms with Crippen molar-refractivity contribution in [2.75, 3.05) is 33.3 Å². The Kier molecular flexibility index (Phi) is 7.57. The molecule has 1 aliphatic heterocycles. The average Bonchev–Trinajstić information content (AvgIpc) is 2.79. The molecule has 0 unspecified atom stereocenters. The molecule has 8 nitrogen and oxygen atoms in total. The van der Waals surface area contributed by atoms with E-state index in [4.69, 9.17) is 25.8 Å². The van der Waals surface area contributed by atoms with Crippen LogP contribution in [0, 0.1) is 10.1 Å². The Balaban J connectivity index is 1.89. The molecular weight excluding hydrogens is 424 g/mol. The van der Waals surface area contributed by atoms with E-state index in [1.165, 1.54) is 12.1 Å². The number of amides is 1. The summed E-state index contributed by atoms with van der Waals surface area (Å²) in [7, 11) is 3.16. The predicted octanol–water partition coefficient (Wildman–Crippen LogP) is 4.14. The van der Waals surface area contributed by atoms with E-state index < -0.39 is 4.92 Å². The summed E-state index contributed by atoms with van der Waals surface area (Å²) < 4.78 is 16.8. The highest BCUT2D eigenvalue weighted by molar-refractivity contribution is 6.17. The van der Waals surface area contributed by atoms with Gasteiger partial charge in [0.1, 0.15) is 12.4 Å². The number of halogens is 1. The molecule has 0 spiro atoms. The van der Waals surface area contributed by atoms with Gasteiger partial charge in [0.2, 0.25) is 5.91 Å². The maximum atomic E-state index is 12.9. The van der Waals surface area contributed by atoms with Crippen LogP contribution in [0.25, 0.3) is 0 Å². The van der Waals surface area contributed by atoms with E-state index in [9.17, 15) is 14.9 Å². The van der Waals surface area contributed by atoms with Gasteiger partial charge in [-0.1, -0.05) is 0 Å². The molecule has 2 aromatic carbocycles. The predicted molar refractivity (Wildman–Crippen MR) is 116 cm³/mol. The third-order valence-electron chi connectivity index (χ3n) is 5.30. The summed E-state index contributed by atoms with van der Waals surface area (Å²) in [6.45, 7) is 0.755. The standard InChI is InChI=1S/C22H25ClN2O6/c1-29-20-12-15-9-11-24(22(26)4-3-10-23)19(18(15)13-21(20)30-2)14-31-17-7-5-16(6-8-17)25(27)28/h5-8,12-13,19H,3-4,9-11,14H2,1-2H3/t19-/m1/s1. The first-order chi connectivity index (χ1) is 15.0. The second-order valence-electron chi connectivity index (χ2n) is 7.11. The molecule has 1 atom stereocenters. The van der Waals surface area contributed by atoms with Crippen molar-refractivity contribution in [2.45, 2.75) is 25.3 Å². The summed E-state index contributed by atoms with van der Waals surface area (Å²) in [4.78, 5) is 25.1. The van der Waals surface area contributed by atoms with Crippen molar-refractivity contribution in [3.05, 3.63) is 57.6 Å². The number of carbonyl (C=O) groups excluding carboxylic acids is 1. The molecular formula is C22H25ClN2O6. The molecule has 9 heteroatoms. The fourth-order valence-electron chi connectivity index (χ4n) is 3.71. The Hall–Kier alpha value is -3.00. The molecule has 1 aliphatic rings. The van der Waals surface area contributed by atoms with Crippen molar-refractivity contribution in [1.82, 2.24) is 4.90 Å². The maximum Gasteiger partial charge on any atom is 0.269 e. The topological polar surface area (TPSA) is 91.1 Å². The summed E-state index contributed by atoms with van der Waals surface area (Å²) in [5, 5.41) is 10.9. The number of carbonyl (C=O) groups is 1. The van der Waals surface area contributed by atoms with Crippen LogP contribution in [0.5, 0.6) is 17.2 Å². The molecule has 0 saturated carbocycles. The highest BCUT2D eigenvalue weighted by Gasteiger charge is 2.32. The smallest absolute Gasteiger partial charge is 0.269 e. The lowest BCUT2D eigenvalue weighted by molar-refractivity contribution is -0.384. The molecule has 31 heavy (non-hydrogen) atoms. The summed E-state index contributed by atoms with van der Waals surface area (Å²) in [5.74, 6) is 2.14. The van der Waals surface area contributed by atoms with Gasteiger partial charge in [0, 0.05) is 31.0 Å². The molecule has 0 radical (unpaired) electrons. The molecule has 1 heterocycles. The second-order valence-corrected chi connectivity index (χ2v) is 7.49. The van der Waals surface area contributed by atoms with Crippen LogP contribution in [0.2, 0.25) is 0 Å². The third kappa shape index (κ3) is 5.19. The molecule has 0 aromatic heterocycles. The van der Waals surface area contributed by atoms with Gasteiger partial charge in [-0.05, 0) is 48.2 Å². The number of benzene rings is 2. The number of methoxy groups -OCH3 is 2. The van der Waals surface area contributed by atoms with Gasteiger partial charge in [0.05, 0.1) is 25.2 Å². The quantitative estimate of drug-likeness (QED) is 0.325. The van der Waals surface area contributed by atoms with E-state index in [-0.39, 0.29) is 24.2 Å². The van der Waals surface area contributed by atoms with Crippen LogP contribution in [-0.2, 0) is 11.2 Å². The van der Waals surface area contributed by atoms with Crippen molar-refractivity contribution in [2.24, 2.45) is 0 Å². The Morgan fingerprint density at radius 3 is 2.48 bits per heavy atom. The first-order valence-corrected chi connectivity index (χ1v) is 10.5. The zero-order chi connectivity index (χ0) is 22.4. The minimum absolute atomic E-state index is 0.00919. The van der Waals surface area contributed by atoms with Crippen LogP contribution in [0.4, 0.5) is 5.69 Å². The Morgan fingerprint density at radius 2 is 1.87 bits per heavy atom. The highest BCUT2D eigenvalue weighted by atomic mass is 35.5. The fourth-order valence-corrected chi connectivity index (χ4v) is 3.84. The third-order valence-corrected chi connectivity index (χ3v) is 5.57. The summed E-state index contributed by atoms with van der Waals surface area (Å²) in [6, 6.07) is 9.38.